The van der Waals surface area contributed by atoms with E-state index in [1.165, 1.54) is 30.3 Å². The van der Waals surface area contributed by atoms with E-state index in [2.05, 4.69) is 5.09 Å². The summed E-state index contributed by atoms with van der Waals surface area (Å²) in [5.74, 6) is 0. The van der Waals surface area contributed by atoms with Crippen molar-refractivity contribution in [2.75, 3.05) is 0 Å². The van der Waals surface area contributed by atoms with E-state index in [0.29, 0.717) is 24.3 Å². The van der Waals surface area contributed by atoms with Crippen molar-refractivity contribution < 1.29 is 61.7 Å². The predicted molar refractivity (Wildman–Crippen MR) is 122 cm³/mol. The molecule has 1 N–H and O–H groups in total. The second-order valence-electron chi connectivity index (χ2n) is 9.35. The van der Waals surface area contributed by atoms with Crippen molar-refractivity contribution in [2.24, 2.45) is 0 Å². The van der Waals surface area contributed by atoms with E-state index in [-0.39, 0.29) is 5.56 Å². The molecule has 222 valence electrons. The monoisotopic (exact) mass is 621 g/mol. The second kappa shape index (κ2) is 8.59. The molecule has 0 aromatic heterocycles. The fraction of sp³-hybridized carbons (Fsp3) is 0.280. The van der Waals surface area contributed by atoms with Crippen LogP contribution in [0, 0.1) is 0 Å². The van der Waals surface area contributed by atoms with Crippen LogP contribution in [0.5, 0.6) is 0 Å². The van der Waals surface area contributed by atoms with Crippen molar-refractivity contribution in [3.63, 3.8) is 0 Å². The zero-order chi connectivity index (χ0) is 30.4. The van der Waals surface area contributed by atoms with E-state index in [4.69, 9.17) is 9.05 Å². The molecule has 3 aromatic rings. The summed E-state index contributed by atoms with van der Waals surface area (Å²) in [6.45, 7) is -0.834. The van der Waals surface area contributed by atoms with Gasteiger partial charge in [-0.25, -0.2) is 0 Å². The Labute approximate surface area is 223 Å². The van der Waals surface area contributed by atoms with Crippen LogP contribution in [0.25, 0.3) is 0 Å². The van der Waals surface area contributed by atoms with Crippen LogP contribution in [0.1, 0.15) is 16.7 Å². The number of hydrogen-bond acceptors (Lipinski definition) is 3. The van der Waals surface area contributed by atoms with Crippen LogP contribution in [0.15, 0.2) is 78.9 Å². The number of benzene rings is 3. The quantitative estimate of drug-likeness (QED) is 0.244. The van der Waals surface area contributed by atoms with E-state index in [0.717, 1.165) is 24.3 Å². The number of hydrogen-bond donors (Lipinski definition) is 1. The molecule has 0 bridgehead atoms. The van der Waals surface area contributed by atoms with Crippen LogP contribution < -0.4 is 15.7 Å². The standard InChI is InChI=1S/C25H16F12NO2P/c26-22(27,28)20(23(29,30)31)16-10-4-6-12-18(16)41(39-20,38-14-15-8-2-1-3-9-15)19-13-7-5-11-17(19)21(40-41,24(32,33)34)25(35,36)37/h1-13,38H,14H2. The first-order valence-corrected chi connectivity index (χ1v) is 13.6. The molecule has 0 saturated heterocycles. The summed E-state index contributed by atoms with van der Waals surface area (Å²) < 4.78 is 186. The van der Waals surface area contributed by atoms with Crippen LogP contribution in [0.2, 0.25) is 0 Å². The van der Waals surface area contributed by atoms with Gasteiger partial charge in [0.05, 0.1) is 0 Å². The molecule has 2 aliphatic heterocycles. The summed E-state index contributed by atoms with van der Waals surface area (Å²) in [5, 5.41) is -0.332. The fourth-order valence-electron chi connectivity index (χ4n) is 5.42. The Balaban J connectivity index is 1.98. The van der Waals surface area contributed by atoms with Gasteiger partial charge in [0.2, 0.25) is 0 Å². The van der Waals surface area contributed by atoms with Crippen molar-refractivity contribution in [3.05, 3.63) is 95.6 Å². The first-order valence-electron chi connectivity index (χ1n) is 11.5. The van der Waals surface area contributed by atoms with Crippen LogP contribution in [0.3, 0.4) is 0 Å². The molecule has 5 rings (SSSR count). The Hall–Kier alpha value is -2.87. The Morgan fingerprint density at radius 1 is 0.512 bits per heavy atom. The van der Waals surface area contributed by atoms with Crippen molar-refractivity contribution in [1.82, 2.24) is 5.09 Å². The summed E-state index contributed by atoms with van der Waals surface area (Å²) in [5.41, 5.74) is -14.1. The van der Waals surface area contributed by atoms with Crippen LogP contribution in [-0.4, -0.2) is 24.7 Å². The van der Waals surface area contributed by atoms with Gasteiger partial charge in [-0.15, -0.1) is 0 Å². The summed E-state index contributed by atoms with van der Waals surface area (Å²) in [6, 6.07) is 11.8. The number of nitrogens with one attached hydrogen (secondary N) is 1. The third-order valence-corrected chi connectivity index (χ3v) is 11.6. The Bertz CT molecular complexity index is 1360. The van der Waals surface area contributed by atoms with Gasteiger partial charge in [-0.1, -0.05) is 0 Å². The van der Waals surface area contributed by atoms with Gasteiger partial charge >= 0.3 is 223 Å². The van der Waals surface area contributed by atoms with E-state index in [1.54, 1.807) is 0 Å². The summed E-state index contributed by atoms with van der Waals surface area (Å²) >= 11 is 0. The van der Waals surface area contributed by atoms with E-state index in [1.807, 2.05) is 0 Å². The maximum atomic E-state index is 14.6. The zero-order valence-corrected chi connectivity index (χ0v) is 20.9. The minimum atomic E-state index is -6.92. The molecular formula is C25H16F12NO2P. The van der Waals surface area contributed by atoms with Crippen molar-refractivity contribution in [1.29, 1.82) is 0 Å². The van der Waals surface area contributed by atoms with Crippen LogP contribution in [0.4, 0.5) is 52.7 Å². The molecule has 1 spiro atoms. The van der Waals surface area contributed by atoms with Gasteiger partial charge in [0.1, 0.15) is 0 Å². The minimum absolute atomic E-state index is 0.0849. The maximum absolute atomic E-state index is 14.6. The fourth-order valence-corrected chi connectivity index (χ4v) is 10.8. The Kier molecular flexibility index (Phi) is 6.20. The number of fused-ring (bicyclic) bond motifs is 4. The molecule has 3 nitrogen and oxygen atoms in total. The number of rotatable bonds is 3. The molecular weight excluding hydrogens is 605 g/mol. The molecule has 0 radical (unpaired) electrons. The Morgan fingerprint density at radius 3 is 1.22 bits per heavy atom. The molecule has 0 aliphatic carbocycles. The molecule has 0 unspecified atom stereocenters. The third-order valence-electron chi connectivity index (χ3n) is 7.07. The van der Waals surface area contributed by atoms with Gasteiger partial charge in [0.15, 0.2) is 0 Å². The van der Waals surface area contributed by atoms with E-state index >= 15 is 0 Å². The van der Waals surface area contributed by atoms with Gasteiger partial charge < -0.3 is 0 Å². The van der Waals surface area contributed by atoms with E-state index in [9.17, 15) is 52.7 Å². The molecule has 0 fully saturated rings. The van der Waals surface area contributed by atoms with Crippen molar-refractivity contribution in [3.8, 4) is 0 Å². The molecule has 0 atom stereocenters. The average Bonchev–Trinajstić information content (AvgIpc) is 3.32. The zero-order valence-electron chi connectivity index (χ0n) is 20.0. The van der Waals surface area contributed by atoms with Gasteiger partial charge in [0.25, 0.3) is 0 Å². The van der Waals surface area contributed by atoms with Crippen molar-refractivity contribution in [2.45, 2.75) is 42.5 Å². The molecule has 41 heavy (non-hydrogen) atoms. The first-order chi connectivity index (χ1) is 18.8. The SMILES string of the molecule is FC(F)(F)C1(C(F)(F)F)OP2(NCc3ccccc3)(OC(C(F)(F)F)(C(F)(F)F)c3ccccc32)c2ccccc21. The Morgan fingerprint density at radius 2 is 0.854 bits per heavy atom. The summed E-state index contributed by atoms with van der Waals surface area (Å²) in [6.07, 6.45) is -25.7. The summed E-state index contributed by atoms with van der Waals surface area (Å²) in [7, 11) is -6.92. The number of halogens is 12. The van der Waals surface area contributed by atoms with E-state index < -0.39 is 71.4 Å². The average molecular weight is 621 g/mol. The second-order valence-corrected chi connectivity index (χ2v) is 12.9. The van der Waals surface area contributed by atoms with Gasteiger partial charge in [0, 0.05) is 0 Å². The molecule has 2 heterocycles. The first kappa shape index (κ1) is 29.6. The summed E-state index contributed by atoms with van der Waals surface area (Å²) in [4.78, 5) is 0. The van der Waals surface area contributed by atoms with Crippen molar-refractivity contribution >= 4 is 17.8 Å². The van der Waals surface area contributed by atoms with Gasteiger partial charge in [-0.05, 0) is 0 Å². The number of alkyl halides is 12. The molecule has 3 aromatic carbocycles. The predicted octanol–water partition coefficient (Wildman–Crippen LogP) is 7.43. The molecule has 0 saturated carbocycles. The molecule has 2 aliphatic rings. The third kappa shape index (κ3) is 3.64. The molecule has 0 amide bonds. The van der Waals surface area contributed by atoms with Crippen LogP contribution >= 0.6 is 7.21 Å². The normalized spacial score (nSPS) is 21.6. The van der Waals surface area contributed by atoms with Gasteiger partial charge in [-0.3, -0.25) is 0 Å². The topological polar surface area (TPSA) is 30.5 Å². The van der Waals surface area contributed by atoms with Crippen LogP contribution in [-0.2, 0) is 26.8 Å². The molecule has 16 heteroatoms. The van der Waals surface area contributed by atoms with Gasteiger partial charge in [-0.2, -0.15) is 0 Å².